The number of rotatable bonds is 12. The zero-order valence-electron chi connectivity index (χ0n) is 30.3. The van der Waals surface area contributed by atoms with Gasteiger partial charge in [0.25, 0.3) is 5.91 Å². The molecule has 11 nitrogen and oxygen atoms in total. The molecule has 5 aliphatic carbocycles. The maximum atomic E-state index is 14.8. The molecule has 6 aliphatic rings. The Morgan fingerprint density at radius 1 is 0.816 bits per heavy atom. The van der Waals surface area contributed by atoms with Crippen molar-refractivity contribution in [2.75, 3.05) is 6.54 Å². The van der Waals surface area contributed by atoms with E-state index in [2.05, 4.69) is 29.8 Å². The highest BCUT2D eigenvalue weighted by Crippen LogP contribution is 2.88. The summed E-state index contributed by atoms with van der Waals surface area (Å²) in [7, 11) is 0. The molecule has 0 radical (unpaired) electrons. The van der Waals surface area contributed by atoms with E-state index in [4.69, 9.17) is 5.73 Å². The molecule has 2 spiro atoms. The highest BCUT2D eigenvalue weighted by Gasteiger charge is 2.85. The fourth-order valence-electron chi connectivity index (χ4n) is 10.4. The number of nitrogens with one attached hydrogen (secondary N) is 3. The summed E-state index contributed by atoms with van der Waals surface area (Å²) in [5, 5.41) is 8.85. The molecule has 0 aromatic rings. The fourth-order valence-corrected chi connectivity index (χ4v) is 10.4. The van der Waals surface area contributed by atoms with Crippen LogP contribution in [-0.4, -0.2) is 70.9 Å². The summed E-state index contributed by atoms with van der Waals surface area (Å²) in [5.74, 6) is -2.26. The largest absolute Gasteiger partial charge is 0.363 e. The summed E-state index contributed by atoms with van der Waals surface area (Å²) in [6.07, 6.45) is 13.6. The van der Waals surface area contributed by atoms with Crippen molar-refractivity contribution in [2.24, 2.45) is 45.1 Å². The minimum atomic E-state index is -1.08. The Balaban J connectivity index is 1.24. The highest BCUT2D eigenvalue weighted by atomic mass is 16.2. The van der Waals surface area contributed by atoms with Crippen molar-refractivity contribution in [3.63, 3.8) is 0 Å². The average molecular weight is 682 g/mol. The molecule has 6 rings (SSSR count). The number of primary amides is 1. The van der Waals surface area contributed by atoms with Gasteiger partial charge in [0.1, 0.15) is 12.1 Å². The highest BCUT2D eigenvalue weighted by molar-refractivity contribution is 6.37. The van der Waals surface area contributed by atoms with Crippen molar-refractivity contribution in [2.45, 2.75) is 155 Å². The van der Waals surface area contributed by atoms with Crippen molar-refractivity contribution in [3.05, 3.63) is 0 Å². The van der Waals surface area contributed by atoms with Gasteiger partial charge in [-0.3, -0.25) is 24.0 Å². The molecule has 49 heavy (non-hydrogen) atoms. The quantitative estimate of drug-likeness (QED) is 0.226. The third kappa shape index (κ3) is 6.30. The number of urea groups is 1. The van der Waals surface area contributed by atoms with Gasteiger partial charge in [-0.25, -0.2) is 4.79 Å². The van der Waals surface area contributed by atoms with Gasteiger partial charge in [0.15, 0.2) is 5.78 Å². The number of carbonyl (C=O) groups is 6. The number of amides is 5. The van der Waals surface area contributed by atoms with Gasteiger partial charge in [0.05, 0.1) is 12.1 Å². The Kier molecular flexibility index (Phi) is 9.48. The summed E-state index contributed by atoms with van der Waals surface area (Å²) in [4.78, 5) is 82.7. The lowest BCUT2D eigenvalue weighted by molar-refractivity contribution is -0.143. The molecule has 0 bridgehead atoms. The summed E-state index contributed by atoms with van der Waals surface area (Å²) in [6, 6.07) is -3.98. The number of likely N-dealkylation sites (tertiary alicyclic amines) is 1. The SMILES string of the molecule is CC(C)(C)[C@H](NC(=O)N[C@H](C(=O)C1CC1)C1CCCCC1)C(=O)N1CC2(C[C@H]1C(=O)NC(CC1CCC1)C(=O)C(N)=O)C(C)(C)C21CCC1. The second-order valence-corrected chi connectivity index (χ2v) is 18.1. The number of carbonyl (C=O) groups excluding carboxylic acids is 6. The molecule has 2 unspecified atom stereocenters. The summed E-state index contributed by atoms with van der Waals surface area (Å²) in [5.41, 5.74) is 4.39. The predicted molar refractivity (Wildman–Crippen MR) is 184 cm³/mol. The first-order valence-electron chi connectivity index (χ1n) is 19.1. The van der Waals surface area contributed by atoms with E-state index < -0.39 is 53.2 Å². The first-order valence-corrected chi connectivity index (χ1v) is 19.1. The van der Waals surface area contributed by atoms with Crippen molar-refractivity contribution in [1.82, 2.24) is 20.9 Å². The fraction of sp³-hybridized carbons (Fsp3) is 0.842. The molecule has 5 saturated carbocycles. The molecule has 5 amide bonds. The van der Waals surface area contributed by atoms with Gasteiger partial charge in [0, 0.05) is 17.9 Å². The predicted octanol–water partition coefficient (Wildman–Crippen LogP) is 4.16. The summed E-state index contributed by atoms with van der Waals surface area (Å²) >= 11 is 0. The minimum Gasteiger partial charge on any atom is -0.363 e. The van der Waals surface area contributed by atoms with Crippen LogP contribution in [0.25, 0.3) is 0 Å². The molecule has 5 atom stereocenters. The van der Waals surface area contributed by atoms with Crippen LogP contribution in [0.1, 0.15) is 131 Å². The van der Waals surface area contributed by atoms with E-state index in [1.54, 1.807) is 4.90 Å². The van der Waals surface area contributed by atoms with E-state index in [0.717, 1.165) is 83.5 Å². The standard InChI is InChI=1S/C38H59N5O6/c1-35(2,3)30(42-34(49)41-27(28(44)24-15-16-24)23-13-7-6-8-14-23)33(48)43-21-38(36(4,5)37(38)17-10-18-37)20-26(43)32(47)40-25(29(45)31(39)46)19-22-11-9-12-22/h22-27,30H,6-21H2,1-5H3,(H2,39,46)(H,40,47)(H2,41,42,49)/t25?,26-,27-,30+,38?/m0/s1. The molecule has 0 aromatic carbocycles. The zero-order chi connectivity index (χ0) is 35.5. The van der Waals surface area contributed by atoms with E-state index in [1.165, 1.54) is 0 Å². The van der Waals surface area contributed by atoms with Gasteiger partial charge in [-0.05, 0) is 79.4 Å². The Bertz CT molecular complexity index is 1370. The number of nitrogens with two attached hydrogens (primary N) is 1. The van der Waals surface area contributed by atoms with Crippen molar-refractivity contribution < 1.29 is 28.8 Å². The molecule has 0 aromatic heterocycles. The van der Waals surface area contributed by atoms with Gasteiger partial charge >= 0.3 is 6.03 Å². The molecule has 11 heteroatoms. The molecule has 6 fully saturated rings. The van der Waals surface area contributed by atoms with Gasteiger partial charge in [-0.1, -0.05) is 79.6 Å². The van der Waals surface area contributed by atoms with Crippen LogP contribution in [0.3, 0.4) is 0 Å². The van der Waals surface area contributed by atoms with Crippen molar-refractivity contribution >= 4 is 35.3 Å². The lowest BCUT2D eigenvalue weighted by atomic mass is 9.73. The van der Waals surface area contributed by atoms with E-state index in [-0.39, 0.29) is 45.7 Å². The first kappa shape index (κ1) is 35.8. The maximum Gasteiger partial charge on any atom is 0.316 e. The van der Waals surface area contributed by atoms with Crippen LogP contribution in [0.4, 0.5) is 4.79 Å². The van der Waals surface area contributed by atoms with Crippen LogP contribution in [0.15, 0.2) is 0 Å². The van der Waals surface area contributed by atoms with Gasteiger partial charge in [0.2, 0.25) is 17.6 Å². The number of hydrogen-bond donors (Lipinski definition) is 4. The molecule has 1 aliphatic heterocycles. The van der Waals surface area contributed by atoms with Crippen LogP contribution in [0, 0.1) is 39.4 Å². The summed E-state index contributed by atoms with van der Waals surface area (Å²) in [6.45, 7) is 10.5. The molecule has 5 N–H and O–H groups in total. The second kappa shape index (κ2) is 13.0. The zero-order valence-corrected chi connectivity index (χ0v) is 30.3. The van der Waals surface area contributed by atoms with Crippen LogP contribution < -0.4 is 21.7 Å². The topological polar surface area (TPSA) is 168 Å². The number of fused-ring (bicyclic) bond motifs is 1. The monoisotopic (exact) mass is 681 g/mol. The number of hydrogen-bond acceptors (Lipinski definition) is 6. The lowest BCUT2D eigenvalue weighted by Crippen LogP contribution is -2.61. The third-order valence-electron chi connectivity index (χ3n) is 14.1. The molecule has 1 heterocycles. The average Bonchev–Trinajstić information content (AvgIpc) is 3.86. The smallest absolute Gasteiger partial charge is 0.316 e. The van der Waals surface area contributed by atoms with Crippen LogP contribution in [-0.2, 0) is 24.0 Å². The molecular weight excluding hydrogens is 622 g/mol. The number of ketones is 2. The molecular formula is C38H59N5O6. The van der Waals surface area contributed by atoms with Crippen LogP contribution >= 0.6 is 0 Å². The first-order chi connectivity index (χ1) is 23.0. The summed E-state index contributed by atoms with van der Waals surface area (Å²) < 4.78 is 0. The number of Topliss-reactive ketones (excluding diaryl/α,β-unsaturated/α-hetero) is 2. The van der Waals surface area contributed by atoms with Gasteiger partial charge in [-0.15, -0.1) is 0 Å². The molecule has 1 saturated heterocycles. The molecule has 272 valence electrons. The lowest BCUT2D eigenvalue weighted by Gasteiger charge is -2.37. The Morgan fingerprint density at radius 3 is 1.96 bits per heavy atom. The van der Waals surface area contributed by atoms with Gasteiger partial charge < -0.3 is 26.6 Å². The Hall–Kier alpha value is -2.98. The Labute approximate surface area is 291 Å². The minimum absolute atomic E-state index is 0.00242. The van der Waals surface area contributed by atoms with E-state index in [1.807, 2.05) is 20.8 Å². The number of nitrogens with zero attached hydrogens (tertiary/aromatic N) is 1. The normalized spacial score (nSPS) is 29.2. The van der Waals surface area contributed by atoms with Crippen LogP contribution in [0.2, 0.25) is 0 Å². The third-order valence-corrected chi connectivity index (χ3v) is 14.1. The van der Waals surface area contributed by atoms with Crippen LogP contribution in [0.5, 0.6) is 0 Å². The van der Waals surface area contributed by atoms with Crippen molar-refractivity contribution in [1.29, 1.82) is 0 Å². The van der Waals surface area contributed by atoms with E-state index in [9.17, 15) is 28.8 Å². The van der Waals surface area contributed by atoms with Crippen molar-refractivity contribution in [3.8, 4) is 0 Å². The van der Waals surface area contributed by atoms with E-state index in [0.29, 0.717) is 19.4 Å². The Morgan fingerprint density at radius 2 is 1.47 bits per heavy atom. The van der Waals surface area contributed by atoms with E-state index >= 15 is 0 Å². The second-order valence-electron chi connectivity index (χ2n) is 18.1. The van der Waals surface area contributed by atoms with Gasteiger partial charge in [-0.2, -0.15) is 0 Å². The maximum absolute atomic E-state index is 14.8.